The van der Waals surface area contributed by atoms with Crippen molar-refractivity contribution in [2.75, 3.05) is 6.54 Å². The molecule has 2 aliphatic carbocycles. The highest BCUT2D eigenvalue weighted by atomic mass is 16.5. The average molecular weight is 352 g/mol. The quantitative estimate of drug-likeness (QED) is 0.864. The van der Waals surface area contributed by atoms with Crippen LogP contribution in [0.5, 0.6) is 0 Å². The van der Waals surface area contributed by atoms with E-state index in [1.807, 2.05) is 0 Å². The van der Waals surface area contributed by atoms with E-state index >= 15 is 0 Å². The fraction of sp³-hybridized carbons (Fsp3) is 0.550. The van der Waals surface area contributed by atoms with Gasteiger partial charge < -0.3 is 9.84 Å². The molecule has 1 aliphatic heterocycles. The predicted molar refractivity (Wildman–Crippen MR) is 95.6 cm³/mol. The summed E-state index contributed by atoms with van der Waals surface area (Å²) in [6.45, 7) is 1.93. The molecule has 26 heavy (non-hydrogen) atoms. The van der Waals surface area contributed by atoms with Crippen molar-refractivity contribution in [1.29, 1.82) is 0 Å². The lowest BCUT2D eigenvalue weighted by Crippen LogP contribution is -2.27. The van der Waals surface area contributed by atoms with Gasteiger partial charge in [0.15, 0.2) is 0 Å². The number of likely N-dealkylation sites (tertiary alicyclic amines) is 1. The van der Waals surface area contributed by atoms with Crippen molar-refractivity contribution < 1.29 is 9.32 Å². The molecule has 1 saturated heterocycles. The molecule has 1 amide bonds. The van der Waals surface area contributed by atoms with E-state index in [0.29, 0.717) is 11.9 Å². The van der Waals surface area contributed by atoms with E-state index in [2.05, 4.69) is 44.6 Å². The maximum atomic E-state index is 12.1. The van der Waals surface area contributed by atoms with Crippen LogP contribution in [0.4, 0.5) is 0 Å². The number of carbonyl (C=O) groups is 1. The third-order valence-electron chi connectivity index (χ3n) is 5.65. The summed E-state index contributed by atoms with van der Waals surface area (Å²) in [4.78, 5) is 18.9. The number of aromatic nitrogens is 2. The SMILES string of the molecule is O=C(NC1CC1)c1noc(C2CCCN2Cc2ccccc2C2CC2)n1. The van der Waals surface area contributed by atoms with Gasteiger partial charge in [0.05, 0.1) is 6.04 Å². The second-order valence-corrected chi connectivity index (χ2v) is 7.81. The van der Waals surface area contributed by atoms with E-state index in [4.69, 9.17) is 4.52 Å². The molecule has 1 aromatic heterocycles. The minimum atomic E-state index is -0.217. The number of amides is 1. The predicted octanol–water partition coefficient (Wildman–Crippen LogP) is 3.18. The van der Waals surface area contributed by atoms with Gasteiger partial charge in [0.1, 0.15) is 0 Å². The molecule has 6 nitrogen and oxygen atoms in total. The highest BCUT2D eigenvalue weighted by Gasteiger charge is 2.34. The Kier molecular flexibility index (Phi) is 4.00. The molecule has 0 spiro atoms. The first-order valence-electron chi connectivity index (χ1n) is 9.74. The number of hydrogen-bond donors (Lipinski definition) is 1. The van der Waals surface area contributed by atoms with Crippen LogP contribution in [-0.4, -0.2) is 33.5 Å². The Morgan fingerprint density at radius 2 is 2.04 bits per heavy atom. The summed E-state index contributed by atoms with van der Waals surface area (Å²) < 4.78 is 5.47. The molecule has 0 radical (unpaired) electrons. The number of hydrogen-bond acceptors (Lipinski definition) is 5. The summed E-state index contributed by atoms with van der Waals surface area (Å²) >= 11 is 0. The third kappa shape index (κ3) is 3.26. The lowest BCUT2D eigenvalue weighted by atomic mass is 10.0. The van der Waals surface area contributed by atoms with Gasteiger partial charge in [-0.15, -0.1) is 0 Å². The van der Waals surface area contributed by atoms with Crippen LogP contribution in [0, 0.1) is 0 Å². The first-order chi connectivity index (χ1) is 12.8. The molecular weight excluding hydrogens is 328 g/mol. The summed E-state index contributed by atoms with van der Waals surface area (Å²) in [6, 6.07) is 9.18. The lowest BCUT2D eigenvalue weighted by Gasteiger charge is -2.23. The molecule has 3 aliphatic rings. The Morgan fingerprint density at radius 3 is 2.85 bits per heavy atom. The second-order valence-electron chi connectivity index (χ2n) is 7.81. The van der Waals surface area contributed by atoms with E-state index < -0.39 is 0 Å². The number of rotatable bonds is 6. The Balaban J connectivity index is 1.31. The lowest BCUT2D eigenvalue weighted by molar-refractivity contribution is 0.0937. The van der Waals surface area contributed by atoms with Crippen molar-refractivity contribution in [2.45, 2.75) is 63.1 Å². The first-order valence-corrected chi connectivity index (χ1v) is 9.74. The van der Waals surface area contributed by atoms with Gasteiger partial charge in [0.2, 0.25) is 5.89 Å². The normalized spacial score (nSPS) is 23.3. The van der Waals surface area contributed by atoms with Gasteiger partial charge >= 0.3 is 0 Å². The molecule has 6 heteroatoms. The number of carbonyl (C=O) groups excluding carboxylic acids is 1. The van der Waals surface area contributed by atoms with Crippen molar-refractivity contribution in [2.24, 2.45) is 0 Å². The fourth-order valence-electron chi connectivity index (χ4n) is 3.93. The van der Waals surface area contributed by atoms with E-state index in [1.54, 1.807) is 0 Å². The maximum absolute atomic E-state index is 12.1. The topological polar surface area (TPSA) is 71.3 Å². The zero-order valence-corrected chi connectivity index (χ0v) is 14.9. The summed E-state index contributed by atoms with van der Waals surface area (Å²) in [7, 11) is 0. The minimum absolute atomic E-state index is 0.109. The molecular formula is C20H24N4O2. The molecule has 1 N–H and O–H groups in total. The Hall–Kier alpha value is -2.21. The van der Waals surface area contributed by atoms with Crippen LogP contribution in [0.25, 0.3) is 0 Å². The zero-order chi connectivity index (χ0) is 17.5. The van der Waals surface area contributed by atoms with Gasteiger partial charge in [0, 0.05) is 12.6 Å². The highest BCUT2D eigenvalue weighted by molar-refractivity contribution is 5.90. The molecule has 5 rings (SSSR count). The molecule has 1 atom stereocenters. The monoisotopic (exact) mass is 352 g/mol. The van der Waals surface area contributed by atoms with Crippen LogP contribution in [0.3, 0.4) is 0 Å². The molecule has 136 valence electrons. The van der Waals surface area contributed by atoms with Crippen molar-refractivity contribution in [3.63, 3.8) is 0 Å². The van der Waals surface area contributed by atoms with Gasteiger partial charge in [-0.25, -0.2) is 0 Å². The van der Waals surface area contributed by atoms with Crippen LogP contribution in [0.2, 0.25) is 0 Å². The molecule has 3 fully saturated rings. The van der Waals surface area contributed by atoms with Gasteiger partial charge in [-0.05, 0) is 62.1 Å². The maximum Gasteiger partial charge on any atom is 0.292 e. The highest BCUT2D eigenvalue weighted by Crippen LogP contribution is 2.42. The van der Waals surface area contributed by atoms with Crippen molar-refractivity contribution in [3.8, 4) is 0 Å². The number of nitrogens with zero attached hydrogens (tertiary/aromatic N) is 3. The van der Waals surface area contributed by atoms with Crippen molar-refractivity contribution >= 4 is 5.91 Å². The minimum Gasteiger partial charge on any atom is -0.346 e. The Bertz CT molecular complexity index is 810. The Labute approximate surface area is 153 Å². The molecule has 0 bridgehead atoms. The molecule has 1 aromatic carbocycles. The van der Waals surface area contributed by atoms with Crippen LogP contribution >= 0.6 is 0 Å². The van der Waals surface area contributed by atoms with Crippen LogP contribution < -0.4 is 5.32 Å². The summed E-state index contributed by atoms with van der Waals surface area (Å²) in [5.41, 5.74) is 2.90. The summed E-state index contributed by atoms with van der Waals surface area (Å²) in [5, 5.41) is 6.83. The summed E-state index contributed by atoms with van der Waals surface area (Å²) in [5.74, 6) is 1.27. The van der Waals surface area contributed by atoms with E-state index in [9.17, 15) is 4.79 Å². The zero-order valence-electron chi connectivity index (χ0n) is 14.9. The van der Waals surface area contributed by atoms with Crippen LogP contribution in [0.15, 0.2) is 28.8 Å². The smallest absolute Gasteiger partial charge is 0.292 e. The first kappa shape index (κ1) is 16.0. The van der Waals surface area contributed by atoms with E-state index in [0.717, 1.165) is 44.7 Å². The van der Waals surface area contributed by atoms with Gasteiger partial charge in [-0.3, -0.25) is 9.69 Å². The number of nitrogens with one attached hydrogen (secondary N) is 1. The van der Waals surface area contributed by atoms with Gasteiger partial charge in [0.25, 0.3) is 11.7 Å². The Morgan fingerprint density at radius 1 is 1.19 bits per heavy atom. The van der Waals surface area contributed by atoms with E-state index in [1.165, 1.54) is 24.0 Å². The fourth-order valence-corrected chi connectivity index (χ4v) is 3.93. The van der Waals surface area contributed by atoms with Crippen molar-refractivity contribution in [1.82, 2.24) is 20.4 Å². The number of benzene rings is 1. The largest absolute Gasteiger partial charge is 0.346 e. The standard InChI is InChI=1S/C20H24N4O2/c25-19(21-15-9-10-15)18-22-20(26-23-18)17-6-3-11-24(17)12-14-4-1-2-5-16(14)13-7-8-13/h1-2,4-5,13,15,17H,3,6-12H2,(H,21,25). The van der Waals surface area contributed by atoms with Crippen molar-refractivity contribution in [3.05, 3.63) is 47.1 Å². The van der Waals surface area contributed by atoms with Gasteiger partial charge in [-0.2, -0.15) is 4.98 Å². The van der Waals surface area contributed by atoms with E-state index in [-0.39, 0.29) is 17.8 Å². The van der Waals surface area contributed by atoms with Crippen LogP contribution in [0.1, 0.15) is 78.1 Å². The molecule has 2 saturated carbocycles. The second kappa shape index (κ2) is 6.50. The average Bonchev–Trinajstić information content (AvgIpc) is 3.56. The third-order valence-corrected chi connectivity index (χ3v) is 5.65. The summed E-state index contributed by atoms with van der Waals surface area (Å²) in [6.07, 6.45) is 6.83. The van der Waals surface area contributed by atoms with Gasteiger partial charge in [-0.1, -0.05) is 29.4 Å². The molecule has 2 heterocycles. The molecule has 2 aromatic rings. The van der Waals surface area contributed by atoms with Crippen LogP contribution in [-0.2, 0) is 6.54 Å². The molecule has 1 unspecified atom stereocenters.